The second-order valence-electron chi connectivity index (χ2n) is 14.1. The van der Waals surface area contributed by atoms with Crippen molar-refractivity contribution in [2.75, 3.05) is 4.90 Å². The molecule has 1 aliphatic carbocycles. The van der Waals surface area contributed by atoms with E-state index in [1.54, 1.807) is 0 Å². The third-order valence-electron chi connectivity index (χ3n) is 10.7. The first-order valence-electron chi connectivity index (χ1n) is 24.1. The number of rotatable bonds is 8. The fourth-order valence-corrected chi connectivity index (χ4v) is 8.01. The average molecular weight is 763 g/mol. The fraction of sp³-hybridized carbons (Fsp3) is 0. The molecule has 1 heterocycles. The monoisotopic (exact) mass is 762 g/mol. The first-order valence-corrected chi connectivity index (χ1v) is 19.1. The number of anilines is 3. The molecule has 4 heteroatoms. The summed E-state index contributed by atoms with van der Waals surface area (Å²) in [5.74, 6) is -0.666. The Morgan fingerprint density at radius 1 is 0.339 bits per heavy atom. The molecule has 0 amide bonds. The summed E-state index contributed by atoms with van der Waals surface area (Å²) in [7, 11) is 0. The van der Waals surface area contributed by atoms with Crippen LogP contribution in [0.3, 0.4) is 0 Å². The molecule has 9 aromatic carbocycles. The van der Waals surface area contributed by atoms with Crippen molar-refractivity contribution in [2.24, 2.45) is 0 Å². The van der Waals surface area contributed by atoms with E-state index in [-0.39, 0.29) is 28.6 Å². The standard InChI is InChI=1S/C55H36N4/c1-5-15-37(16-6-1)39-27-31-44(32-28-39)59(45-33-29-40(30-34-45)38-17-7-2-8-18-38)49-36-35-48(51-46-25-13-23-41-24-14-26-47(50(41)46)52(49)51)55-57-53(42-19-9-3-10-20-42)56-54(58-55)43-21-11-4-12-22-43/h1-36H/i3D,4D,9D,10D,11D,12D,19D,20D,21D,22D. The van der Waals surface area contributed by atoms with E-state index in [0.29, 0.717) is 5.56 Å². The van der Waals surface area contributed by atoms with E-state index in [4.69, 9.17) is 23.7 Å². The third-order valence-corrected chi connectivity index (χ3v) is 10.7. The Labute approximate surface area is 357 Å². The number of hydrogen-bond donors (Lipinski definition) is 0. The molecule has 0 bridgehead atoms. The van der Waals surface area contributed by atoms with Crippen LogP contribution in [0.5, 0.6) is 0 Å². The molecule has 1 aliphatic rings. The van der Waals surface area contributed by atoms with Crippen LogP contribution in [0.25, 0.3) is 89.4 Å². The van der Waals surface area contributed by atoms with Gasteiger partial charge in [-0.15, -0.1) is 0 Å². The minimum absolute atomic E-state index is 0.00721. The first-order chi connectivity index (χ1) is 33.4. The highest BCUT2D eigenvalue weighted by atomic mass is 15.1. The summed E-state index contributed by atoms with van der Waals surface area (Å²) in [5, 5.41) is 1.97. The lowest BCUT2D eigenvalue weighted by Gasteiger charge is -2.29. The van der Waals surface area contributed by atoms with Crippen LogP contribution in [0.1, 0.15) is 13.7 Å². The van der Waals surface area contributed by atoms with Crippen molar-refractivity contribution in [3.63, 3.8) is 0 Å². The summed E-state index contributed by atoms with van der Waals surface area (Å²) >= 11 is 0. The molecule has 0 N–H and O–H groups in total. The van der Waals surface area contributed by atoms with Gasteiger partial charge < -0.3 is 4.90 Å². The van der Waals surface area contributed by atoms with E-state index in [9.17, 15) is 0 Å². The summed E-state index contributed by atoms with van der Waals surface area (Å²) in [5.41, 5.74) is 10.0. The van der Waals surface area contributed by atoms with Crippen molar-refractivity contribution >= 4 is 27.8 Å². The van der Waals surface area contributed by atoms with Crippen LogP contribution in [0.4, 0.5) is 17.1 Å². The van der Waals surface area contributed by atoms with Crippen LogP contribution in [-0.4, -0.2) is 15.0 Å². The molecule has 0 unspecified atom stereocenters. The lowest BCUT2D eigenvalue weighted by molar-refractivity contribution is 1.07. The number of fused-ring (bicyclic) bond motifs is 3. The molecular weight excluding hydrogens is 717 g/mol. The molecule has 0 atom stereocenters. The molecule has 0 saturated heterocycles. The fourth-order valence-electron chi connectivity index (χ4n) is 8.01. The van der Waals surface area contributed by atoms with Crippen molar-refractivity contribution in [1.82, 2.24) is 15.0 Å². The van der Waals surface area contributed by atoms with Crippen LogP contribution < -0.4 is 4.90 Å². The SMILES string of the molecule is [2H]c1c([2H])c([2H])c(-c2nc(-c3ccc(N(c4ccc(-c5ccccc5)cc4)c4ccc(-c5ccccc5)cc4)c4c3-c3cccc5cccc-4c35)nc(-c3c([2H])c([2H])c([2H])c([2H])c3[2H])n2)c([2H])c1[2H]. The smallest absolute Gasteiger partial charge is 0.164 e. The van der Waals surface area contributed by atoms with Crippen molar-refractivity contribution in [3.05, 3.63) is 218 Å². The van der Waals surface area contributed by atoms with Gasteiger partial charge in [-0.05, 0) is 80.6 Å². The number of hydrogen-bond acceptors (Lipinski definition) is 4. The number of nitrogens with zero attached hydrogens (tertiary/aromatic N) is 4. The predicted molar refractivity (Wildman–Crippen MR) is 244 cm³/mol. The summed E-state index contributed by atoms with van der Waals surface area (Å²) in [6.07, 6.45) is 0. The van der Waals surface area contributed by atoms with Gasteiger partial charge in [0, 0.05) is 39.2 Å². The molecule has 0 fully saturated rings. The zero-order valence-electron chi connectivity index (χ0n) is 41.3. The Kier molecular flexibility index (Phi) is 6.24. The van der Waals surface area contributed by atoms with Crippen molar-refractivity contribution < 1.29 is 13.7 Å². The van der Waals surface area contributed by atoms with Crippen LogP contribution in [0, 0.1) is 0 Å². The molecule has 59 heavy (non-hydrogen) atoms. The predicted octanol–water partition coefficient (Wildman–Crippen LogP) is 14.5. The van der Waals surface area contributed by atoms with E-state index in [2.05, 4.69) is 88.7 Å². The summed E-state index contributed by atoms with van der Waals surface area (Å²) in [4.78, 5) is 16.5. The van der Waals surface area contributed by atoms with E-state index >= 15 is 0 Å². The Morgan fingerprint density at radius 3 is 1.31 bits per heavy atom. The van der Waals surface area contributed by atoms with Crippen molar-refractivity contribution in [2.45, 2.75) is 0 Å². The molecule has 1 aromatic heterocycles. The highest BCUT2D eigenvalue weighted by Crippen LogP contribution is 2.56. The summed E-state index contributed by atoms with van der Waals surface area (Å²) < 4.78 is 86.3. The summed E-state index contributed by atoms with van der Waals surface area (Å²) in [6, 6.07) is 47.2. The quantitative estimate of drug-likeness (QED) is 0.155. The summed E-state index contributed by atoms with van der Waals surface area (Å²) in [6.45, 7) is 0. The third kappa shape index (κ3) is 6.15. The zero-order chi connectivity index (χ0) is 47.8. The minimum atomic E-state index is -0.613. The Bertz CT molecular complexity index is 3490. The van der Waals surface area contributed by atoms with Gasteiger partial charge in [-0.1, -0.05) is 182 Å². The lowest BCUT2D eigenvalue weighted by Crippen LogP contribution is -2.12. The molecule has 10 aromatic rings. The van der Waals surface area contributed by atoms with Gasteiger partial charge in [-0.2, -0.15) is 0 Å². The Morgan fingerprint density at radius 2 is 0.797 bits per heavy atom. The second-order valence-corrected chi connectivity index (χ2v) is 14.1. The van der Waals surface area contributed by atoms with Crippen LogP contribution in [0.2, 0.25) is 0 Å². The van der Waals surface area contributed by atoms with Crippen LogP contribution in [-0.2, 0) is 0 Å². The van der Waals surface area contributed by atoms with Gasteiger partial charge >= 0.3 is 0 Å². The molecular formula is C55H36N4. The lowest BCUT2D eigenvalue weighted by atomic mass is 9.94. The van der Waals surface area contributed by atoms with E-state index < -0.39 is 60.4 Å². The number of aromatic nitrogens is 3. The van der Waals surface area contributed by atoms with E-state index in [1.165, 1.54) is 0 Å². The van der Waals surface area contributed by atoms with Gasteiger partial charge in [0.15, 0.2) is 17.5 Å². The van der Waals surface area contributed by atoms with E-state index in [1.807, 2.05) is 78.9 Å². The highest BCUT2D eigenvalue weighted by Gasteiger charge is 2.31. The average Bonchev–Trinajstić information content (AvgIpc) is 3.73. The largest absolute Gasteiger partial charge is 0.310 e. The van der Waals surface area contributed by atoms with Gasteiger partial charge in [0.05, 0.1) is 19.4 Å². The highest BCUT2D eigenvalue weighted by molar-refractivity contribution is 6.21. The van der Waals surface area contributed by atoms with Gasteiger partial charge in [0.2, 0.25) is 0 Å². The molecule has 276 valence electrons. The van der Waals surface area contributed by atoms with Gasteiger partial charge in [0.1, 0.15) is 0 Å². The van der Waals surface area contributed by atoms with Crippen LogP contribution >= 0.6 is 0 Å². The molecule has 0 saturated carbocycles. The Hall–Kier alpha value is -7.95. The van der Waals surface area contributed by atoms with Gasteiger partial charge in [-0.3, -0.25) is 0 Å². The van der Waals surface area contributed by atoms with E-state index in [0.717, 1.165) is 72.3 Å². The topological polar surface area (TPSA) is 41.9 Å². The van der Waals surface area contributed by atoms with Crippen molar-refractivity contribution in [1.29, 1.82) is 0 Å². The normalized spacial score (nSPS) is 13.8. The minimum Gasteiger partial charge on any atom is -0.310 e. The molecule has 0 spiro atoms. The maximum absolute atomic E-state index is 8.92. The molecule has 4 nitrogen and oxygen atoms in total. The molecule has 11 rings (SSSR count). The van der Waals surface area contributed by atoms with Gasteiger partial charge in [0.25, 0.3) is 0 Å². The number of benzene rings is 9. The Balaban J connectivity index is 1.20. The van der Waals surface area contributed by atoms with Crippen LogP contribution in [0.15, 0.2) is 218 Å². The first kappa shape index (κ1) is 25.3. The second kappa shape index (κ2) is 14.5. The van der Waals surface area contributed by atoms with Crippen molar-refractivity contribution in [3.8, 4) is 78.7 Å². The maximum Gasteiger partial charge on any atom is 0.164 e. The maximum atomic E-state index is 8.92. The van der Waals surface area contributed by atoms with Gasteiger partial charge in [-0.25, -0.2) is 15.0 Å². The molecule has 0 aliphatic heterocycles. The zero-order valence-corrected chi connectivity index (χ0v) is 31.3. The molecule has 0 radical (unpaired) electrons.